The summed E-state index contributed by atoms with van der Waals surface area (Å²) in [5.74, 6) is 3.08. The molecule has 0 bridgehead atoms. The van der Waals surface area contributed by atoms with E-state index in [-0.39, 0.29) is 6.79 Å². The van der Waals surface area contributed by atoms with E-state index in [2.05, 4.69) is 15.9 Å². The van der Waals surface area contributed by atoms with Gasteiger partial charge in [-0.3, -0.25) is 0 Å². The predicted molar refractivity (Wildman–Crippen MR) is 71.7 cm³/mol. The second kappa shape index (κ2) is 4.90. The zero-order valence-corrected chi connectivity index (χ0v) is 11.1. The first-order valence-corrected chi connectivity index (χ1v) is 6.70. The van der Waals surface area contributed by atoms with Crippen molar-refractivity contribution in [3.8, 4) is 23.0 Å². The fourth-order valence-electron chi connectivity index (χ4n) is 1.78. The van der Waals surface area contributed by atoms with Crippen LogP contribution in [0.25, 0.3) is 0 Å². The second-order valence-corrected chi connectivity index (χ2v) is 4.42. The number of para-hydroxylation sites is 1. The first kappa shape index (κ1) is 11.4. The SMILES string of the molecule is BrCc1cc2c(cc1Oc1ccccc1)OCO2. The molecule has 4 heteroatoms. The van der Waals surface area contributed by atoms with E-state index in [4.69, 9.17) is 14.2 Å². The molecule has 3 rings (SSSR count). The number of rotatable bonds is 3. The topological polar surface area (TPSA) is 27.7 Å². The van der Waals surface area contributed by atoms with Crippen LogP contribution in [0.1, 0.15) is 5.56 Å². The van der Waals surface area contributed by atoms with Crippen LogP contribution < -0.4 is 14.2 Å². The lowest BCUT2D eigenvalue weighted by Gasteiger charge is -2.10. The van der Waals surface area contributed by atoms with E-state index >= 15 is 0 Å². The summed E-state index contributed by atoms with van der Waals surface area (Å²) in [5, 5.41) is 0.700. The third-order valence-electron chi connectivity index (χ3n) is 2.67. The predicted octanol–water partition coefficient (Wildman–Crippen LogP) is 4.10. The molecular weight excluding hydrogens is 296 g/mol. The van der Waals surface area contributed by atoms with Crippen LogP contribution in [0.2, 0.25) is 0 Å². The van der Waals surface area contributed by atoms with Crippen LogP contribution >= 0.6 is 15.9 Å². The zero-order chi connectivity index (χ0) is 12.4. The first-order valence-electron chi connectivity index (χ1n) is 5.58. The van der Waals surface area contributed by atoms with E-state index in [1.54, 1.807) is 0 Å². The van der Waals surface area contributed by atoms with Gasteiger partial charge < -0.3 is 14.2 Å². The number of hydrogen-bond acceptors (Lipinski definition) is 3. The van der Waals surface area contributed by atoms with Crippen molar-refractivity contribution in [3.05, 3.63) is 48.0 Å². The van der Waals surface area contributed by atoms with Crippen LogP contribution in [0.15, 0.2) is 42.5 Å². The lowest BCUT2D eigenvalue weighted by molar-refractivity contribution is 0.174. The molecule has 0 fully saturated rings. The molecule has 3 nitrogen and oxygen atoms in total. The van der Waals surface area contributed by atoms with Gasteiger partial charge in [0.1, 0.15) is 11.5 Å². The van der Waals surface area contributed by atoms with Gasteiger partial charge in [-0.05, 0) is 18.2 Å². The summed E-state index contributed by atoms with van der Waals surface area (Å²) in [6.07, 6.45) is 0. The Balaban J connectivity index is 1.96. The number of ether oxygens (including phenoxy) is 3. The van der Waals surface area contributed by atoms with Gasteiger partial charge in [0.05, 0.1) is 0 Å². The molecule has 1 aliphatic heterocycles. The minimum Gasteiger partial charge on any atom is -0.457 e. The minimum atomic E-state index is 0.270. The van der Waals surface area contributed by atoms with Crippen molar-refractivity contribution in [1.29, 1.82) is 0 Å². The number of hydrogen-bond donors (Lipinski definition) is 0. The standard InChI is InChI=1S/C14H11BrO3/c15-8-10-6-13-14(17-9-16-13)7-12(10)18-11-4-2-1-3-5-11/h1-7H,8-9H2. The van der Waals surface area contributed by atoms with Crippen molar-refractivity contribution in [2.45, 2.75) is 5.33 Å². The molecule has 0 spiro atoms. The number of alkyl halides is 1. The molecule has 0 N–H and O–H groups in total. The molecule has 1 aliphatic rings. The maximum absolute atomic E-state index is 5.86. The van der Waals surface area contributed by atoms with Gasteiger partial charge >= 0.3 is 0 Å². The molecule has 0 amide bonds. The van der Waals surface area contributed by atoms with E-state index in [1.165, 1.54) is 0 Å². The van der Waals surface area contributed by atoms with Crippen LogP contribution in [0.5, 0.6) is 23.0 Å². The van der Waals surface area contributed by atoms with E-state index in [1.807, 2.05) is 42.5 Å². The number of halogens is 1. The van der Waals surface area contributed by atoms with Crippen molar-refractivity contribution in [3.63, 3.8) is 0 Å². The molecule has 0 aliphatic carbocycles. The highest BCUT2D eigenvalue weighted by Crippen LogP contribution is 2.40. The molecule has 0 radical (unpaired) electrons. The van der Waals surface area contributed by atoms with Crippen LogP contribution in [-0.2, 0) is 5.33 Å². The Bertz CT molecular complexity index is 554. The van der Waals surface area contributed by atoms with Gasteiger partial charge in [0.2, 0.25) is 6.79 Å². The summed E-state index contributed by atoms with van der Waals surface area (Å²) in [6.45, 7) is 0.270. The fourth-order valence-corrected chi connectivity index (χ4v) is 2.22. The molecule has 92 valence electrons. The van der Waals surface area contributed by atoms with Crippen molar-refractivity contribution in [2.24, 2.45) is 0 Å². The molecule has 2 aromatic carbocycles. The van der Waals surface area contributed by atoms with Gasteiger partial charge in [0, 0.05) is 17.0 Å². The summed E-state index contributed by atoms with van der Waals surface area (Å²) < 4.78 is 16.6. The van der Waals surface area contributed by atoms with Gasteiger partial charge in [-0.15, -0.1) is 0 Å². The normalized spacial score (nSPS) is 12.5. The number of fused-ring (bicyclic) bond motifs is 1. The smallest absolute Gasteiger partial charge is 0.231 e. The summed E-state index contributed by atoms with van der Waals surface area (Å²) in [4.78, 5) is 0. The maximum Gasteiger partial charge on any atom is 0.231 e. The van der Waals surface area contributed by atoms with Gasteiger partial charge in [0.25, 0.3) is 0 Å². The Labute approximate surface area is 113 Å². The highest BCUT2D eigenvalue weighted by Gasteiger charge is 2.17. The van der Waals surface area contributed by atoms with Gasteiger partial charge in [-0.25, -0.2) is 0 Å². The monoisotopic (exact) mass is 306 g/mol. The molecule has 18 heavy (non-hydrogen) atoms. The minimum absolute atomic E-state index is 0.270. The average molecular weight is 307 g/mol. The van der Waals surface area contributed by atoms with Crippen molar-refractivity contribution >= 4 is 15.9 Å². The van der Waals surface area contributed by atoms with E-state index in [0.29, 0.717) is 5.33 Å². The van der Waals surface area contributed by atoms with Gasteiger partial charge in [-0.2, -0.15) is 0 Å². The van der Waals surface area contributed by atoms with Gasteiger partial charge in [-0.1, -0.05) is 34.1 Å². The first-order chi connectivity index (χ1) is 8.86. The van der Waals surface area contributed by atoms with Crippen LogP contribution in [0.3, 0.4) is 0 Å². The molecule has 2 aromatic rings. The fraction of sp³-hybridized carbons (Fsp3) is 0.143. The van der Waals surface area contributed by atoms with Crippen molar-refractivity contribution in [1.82, 2.24) is 0 Å². The molecule has 0 atom stereocenters. The highest BCUT2D eigenvalue weighted by atomic mass is 79.9. The van der Waals surface area contributed by atoms with Gasteiger partial charge in [0.15, 0.2) is 11.5 Å². The molecule has 1 heterocycles. The maximum atomic E-state index is 5.86. The second-order valence-electron chi connectivity index (χ2n) is 3.86. The molecule has 0 saturated carbocycles. The Kier molecular flexibility index (Phi) is 3.11. The molecule has 0 aromatic heterocycles. The lowest BCUT2D eigenvalue weighted by Crippen LogP contribution is -1.92. The lowest BCUT2D eigenvalue weighted by atomic mass is 10.2. The molecular formula is C14H11BrO3. The molecule has 0 saturated heterocycles. The Morgan fingerprint density at radius 2 is 1.78 bits per heavy atom. The van der Waals surface area contributed by atoms with Crippen molar-refractivity contribution in [2.75, 3.05) is 6.79 Å². The average Bonchev–Trinajstić information content (AvgIpc) is 2.86. The van der Waals surface area contributed by atoms with Crippen LogP contribution in [0.4, 0.5) is 0 Å². The summed E-state index contributed by atoms with van der Waals surface area (Å²) in [5.41, 5.74) is 1.03. The van der Waals surface area contributed by atoms with Crippen LogP contribution in [-0.4, -0.2) is 6.79 Å². The zero-order valence-electron chi connectivity index (χ0n) is 9.56. The summed E-state index contributed by atoms with van der Waals surface area (Å²) in [7, 11) is 0. The Morgan fingerprint density at radius 1 is 1.06 bits per heavy atom. The molecule has 0 unspecified atom stereocenters. The third-order valence-corrected chi connectivity index (χ3v) is 3.27. The van der Waals surface area contributed by atoms with Crippen LogP contribution in [0, 0.1) is 0 Å². The van der Waals surface area contributed by atoms with E-state index in [0.717, 1.165) is 28.6 Å². The highest BCUT2D eigenvalue weighted by molar-refractivity contribution is 9.08. The Morgan fingerprint density at radius 3 is 2.50 bits per heavy atom. The van der Waals surface area contributed by atoms with Crippen molar-refractivity contribution < 1.29 is 14.2 Å². The number of benzene rings is 2. The third kappa shape index (κ3) is 2.16. The van der Waals surface area contributed by atoms with E-state index in [9.17, 15) is 0 Å². The van der Waals surface area contributed by atoms with E-state index < -0.39 is 0 Å². The largest absolute Gasteiger partial charge is 0.457 e. The summed E-state index contributed by atoms with van der Waals surface area (Å²) >= 11 is 3.45. The Hall–Kier alpha value is -1.68. The quantitative estimate of drug-likeness (QED) is 0.799. The summed E-state index contributed by atoms with van der Waals surface area (Å²) in [6, 6.07) is 13.5.